The summed E-state index contributed by atoms with van der Waals surface area (Å²) in [7, 11) is 1.54. The Bertz CT molecular complexity index is 2370. The van der Waals surface area contributed by atoms with E-state index in [4.69, 9.17) is 14.2 Å². The first kappa shape index (κ1) is 37.7. The number of aliphatic hydroxyl groups is 1. The predicted octanol–water partition coefficient (Wildman–Crippen LogP) is 9.93. The van der Waals surface area contributed by atoms with Gasteiger partial charge >= 0.3 is 5.91 Å². The van der Waals surface area contributed by atoms with Gasteiger partial charge in [-0.05, 0) is 88.7 Å². The number of aromatic nitrogens is 2. The number of aliphatic hydroxyl groups excluding tert-OH is 1. The number of fused-ring (bicyclic) bond motifs is 1. The molecule has 9 nitrogen and oxygen atoms in total. The van der Waals surface area contributed by atoms with Gasteiger partial charge in [0.15, 0.2) is 15.8 Å². The van der Waals surface area contributed by atoms with Crippen LogP contribution in [0.5, 0.6) is 17.2 Å². The van der Waals surface area contributed by atoms with Gasteiger partial charge in [0.25, 0.3) is 5.78 Å². The molecule has 1 atom stereocenters. The molecule has 11 heteroatoms. The van der Waals surface area contributed by atoms with E-state index in [1.54, 1.807) is 42.5 Å². The molecule has 0 aliphatic carbocycles. The Morgan fingerprint density at radius 3 is 2.40 bits per heavy atom. The molecule has 1 N–H and O–H groups in total. The molecule has 1 unspecified atom stereocenters. The highest BCUT2D eigenvalue weighted by Gasteiger charge is 2.48. The van der Waals surface area contributed by atoms with Crippen molar-refractivity contribution in [1.29, 1.82) is 0 Å². The van der Waals surface area contributed by atoms with Crippen LogP contribution in [0.3, 0.4) is 0 Å². The summed E-state index contributed by atoms with van der Waals surface area (Å²) in [5, 5.41) is 23.2. The van der Waals surface area contributed by atoms with Crippen LogP contribution in [0.25, 0.3) is 16.5 Å². The lowest BCUT2D eigenvalue weighted by Gasteiger charge is -2.23. The Labute approximate surface area is 328 Å². The SMILES string of the molecule is COc1cc(C2C(=C(O)c3ccc(OCc4ccccc4C)cc3)C(=O)C(=O)N2c2nnc(SCc3cccc4ccccc34)s2)ccc1OCCC(C)C. The lowest BCUT2D eigenvalue weighted by atomic mass is 9.95. The van der Waals surface area contributed by atoms with Crippen molar-refractivity contribution in [3.8, 4) is 17.2 Å². The summed E-state index contributed by atoms with van der Waals surface area (Å²) in [6.07, 6.45) is 0.860. The van der Waals surface area contributed by atoms with Gasteiger partial charge in [0.05, 0.1) is 25.3 Å². The summed E-state index contributed by atoms with van der Waals surface area (Å²) in [5.74, 6) is 0.693. The van der Waals surface area contributed by atoms with Gasteiger partial charge in [-0.25, -0.2) is 0 Å². The van der Waals surface area contributed by atoms with Crippen LogP contribution >= 0.6 is 23.1 Å². The molecule has 1 aliphatic rings. The first-order valence-corrected chi connectivity index (χ1v) is 19.8. The molecule has 5 aromatic carbocycles. The van der Waals surface area contributed by atoms with Crippen molar-refractivity contribution in [1.82, 2.24) is 10.2 Å². The maximum Gasteiger partial charge on any atom is 0.301 e. The Kier molecular flexibility index (Phi) is 11.5. The number of aryl methyl sites for hydroxylation is 1. The maximum atomic E-state index is 14.0. The number of carbonyl (C=O) groups is 2. The number of Topliss-reactive ketones (excluding diaryl/α,β-unsaturated/α-hetero) is 1. The zero-order valence-electron chi connectivity index (χ0n) is 31.0. The van der Waals surface area contributed by atoms with Gasteiger partial charge in [0, 0.05) is 11.3 Å². The molecule has 2 heterocycles. The monoisotopic (exact) mass is 771 g/mol. The summed E-state index contributed by atoms with van der Waals surface area (Å²) < 4.78 is 18.4. The Balaban J connectivity index is 1.22. The number of carbonyl (C=O) groups excluding carboxylic acids is 2. The van der Waals surface area contributed by atoms with E-state index in [2.05, 4.69) is 48.3 Å². The standard InChI is InChI=1S/C44H41N3O6S2/c1-27(2)22-23-52-36-21-18-31(24-37(36)51-4)39-38(40(48)30-16-19-34(20-17-30)53-25-32-12-6-5-10-28(32)3)41(49)42(50)47(39)43-45-46-44(55-43)54-26-33-14-9-13-29-11-7-8-15-35(29)33/h5-21,24,27,39,48H,22-23,25-26H2,1-4H3. The Morgan fingerprint density at radius 2 is 1.62 bits per heavy atom. The van der Waals surface area contributed by atoms with Crippen LogP contribution in [0.4, 0.5) is 5.13 Å². The fraction of sp³-hybridized carbons (Fsp3) is 0.227. The second kappa shape index (κ2) is 16.8. The van der Waals surface area contributed by atoms with Crippen molar-refractivity contribution in [2.45, 2.75) is 49.9 Å². The van der Waals surface area contributed by atoms with Crippen molar-refractivity contribution < 1.29 is 28.9 Å². The number of anilines is 1. The van der Waals surface area contributed by atoms with E-state index >= 15 is 0 Å². The van der Waals surface area contributed by atoms with E-state index in [-0.39, 0.29) is 16.5 Å². The number of methoxy groups -OCH3 is 1. The number of ketones is 1. The van der Waals surface area contributed by atoms with Gasteiger partial charge in [0.2, 0.25) is 5.13 Å². The van der Waals surface area contributed by atoms with Gasteiger partial charge < -0.3 is 19.3 Å². The molecule has 0 saturated carbocycles. The molecule has 6 aromatic rings. The minimum absolute atomic E-state index is 0.0748. The fourth-order valence-electron chi connectivity index (χ4n) is 6.44. The third-order valence-corrected chi connectivity index (χ3v) is 11.6. The summed E-state index contributed by atoms with van der Waals surface area (Å²) in [4.78, 5) is 29.3. The first-order chi connectivity index (χ1) is 26.7. The van der Waals surface area contributed by atoms with Crippen LogP contribution < -0.4 is 19.1 Å². The second-order valence-corrected chi connectivity index (χ2v) is 15.8. The summed E-state index contributed by atoms with van der Waals surface area (Å²) in [6.45, 7) is 7.16. The van der Waals surface area contributed by atoms with Crippen molar-refractivity contribution in [2.75, 3.05) is 18.6 Å². The molecule has 280 valence electrons. The van der Waals surface area contributed by atoms with Gasteiger partial charge in [-0.15, -0.1) is 10.2 Å². The zero-order valence-corrected chi connectivity index (χ0v) is 32.7. The van der Waals surface area contributed by atoms with Crippen molar-refractivity contribution in [2.24, 2.45) is 5.92 Å². The number of nitrogens with zero attached hydrogens (tertiary/aromatic N) is 3. The average Bonchev–Trinajstić information content (AvgIpc) is 3.77. The number of amides is 1. The zero-order chi connectivity index (χ0) is 38.5. The fourth-order valence-corrected chi connectivity index (χ4v) is 8.31. The quantitative estimate of drug-likeness (QED) is 0.0380. The van der Waals surface area contributed by atoms with E-state index in [0.29, 0.717) is 57.6 Å². The molecule has 1 amide bonds. The Hall–Kier alpha value is -5.65. The molecule has 0 spiro atoms. The lowest BCUT2D eigenvalue weighted by molar-refractivity contribution is -0.132. The van der Waals surface area contributed by atoms with Crippen molar-refractivity contribution >= 4 is 56.5 Å². The molecule has 1 saturated heterocycles. The van der Waals surface area contributed by atoms with Crippen LogP contribution in [-0.4, -0.2) is 40.7 Å². The van der Waals surface area contributed by atoms with Gasteiger partial charge in [-0.2, -0.15) is 0 Å². The molecular formula is C44H41N3O6S2. The molecule has 0 radical (unpaired) electrons. The predicted molar refractivity (Wildman–Crippen MR) is 218 cm³/mol. The minimum atomic E-state index is -1.03. The van der Waals surface area contributed by atoms with E-state index in [1.165, 1.54) is 35.1 Å². The molecule has 1 aliphatic heterocycles. The molecular weight excluding hydrogens is 731 g/mol. The van der Waals surface area contributed by atoms with Crippen LogP contribution in [-0.2, 0) is 21.9 Å². The molecule has 0 bridgehead atoms. The van der Waals surface area contributed by atoms with E-state index in [1.807, 2.05) is 49.4 Å². The van der Waals surface area contributed by atoms with Crippen molar-refractivity contribution in [3.63, 3.8) is 0 Å². The van der Waals surface area contributed by atoms with Gasteiger partial charge in [-0.3, -0.25) is 14.5 Å². The lowest BCUT2D eigenvalue weighted by Crippen LogP contribution is -2.29. The largest absolute Gasteiger partial charge is 0.507 e. The van der Waals surface area contributed by atoms with Crippen LogP contribution in [0.1, 0.15) is 54.1 Å². The summed E-state index contributed by atoms with van der Waals surface area (Å²) >= 11 is 2.72. The van der Waals surface area contributed by atoms with Crippen LogP contribution in [0.15, 0.2) is 119 Å². The number of rotatable bonds is 14. The summed E-state index contributed by atoms with van der Waals surface area (Å²) in [6, 6.07) is 33.5. The maximum absolute atomic E-state index is 14.0. The van der Waals surface area contributed by atoms with Gasteiger partial charge in [0.1, 0.15) is 18.1 Å². The molecule has 7 rings (SSSR count). The normalized spacial score (nSPS) is 15.2. The highest BCUT2D eigenvalue weighted by molar-refractivity contribution is 8.00. The van der Waals surface area contributed by atoms with E-state index in [9.17, 15) is 14.7 Å². The second-order valence-electron chi connectivity index (χ2n) is 13.6. The molecule has 55 heavy (non-hydrogen) atoms. The summed E-state index contributed by atoms with van der Waals surface area (Å²) in [5.41, 5.74) is 4.15. The number of hydrogen-bond donors (Lipinski definition) is 1. The minimum Gasteiger partial charge on any atom is -0.507 e. The smallest absolute Gasteiger partial charge is 0.301 e. The number of thioether (sulfide) groups is 1. The number of ether oxygens (including phenoxy) is 3. The molecule has 1 aromatic heterocycles. The first-order valence-electron chi connectivity index (χ1n) is 18.0. The highest BCUT2D eigenvalue weighted by Crippen LogP contribution is 2.46. The van der Waals surface area contributed by atoms with E-state index in [0.717, 1.165) is 33.9 Å². The van der Waals surface area contributed by atoms with Gasteiger partial charge in [-0.1, -0.05) is 110 Å². The number of benzene rings is 5. The van der Waals surface area contributed by atoms with Crippen molar-refractivity contribution in [3.05, 3.63) is 143 Å². The third-order valence-electron chi connectivity index (χ3n) is 9.52. The van der Waals surface area contributed by atoms with Crippen LogP contribution in [0.2, 0.25) is 0 Å². The van der Waals surface area contributed by atoms with Crippen LogP contribution in [0, 0.1) is 12.8 Å². The highest BCUT2D eigenvalue weighted by atomic mass is 32.2. The molecule has 1 fully saturated rings. The topological polar surface area (TPSA) is 111 Å². The third kappa shape index (κ3) is 8.23. The van der Waals surface area contributed by atoms with E-state index < -0.39 is 17.7 Å². The average molecular weight is 772 g/mol. The Morgan fingerprint density at radius 1 is 0.873 bits per heavy atom. The number of hydrogen-bond acceptors (Lipinski definition) is 10.